The van der Waals surface area contributed by atoms with E-state index in [0.29, 0.717) is 6.04 Å². The summed E-state index contributed by atoms with van der Waals surface area (Å²) >= 11 is 0. The van der Waals surface area contributed by atoms with Crippen LogP contribution in [-0.2, 0) is 0 Å². The molecule has 3 rings (SSSR count). The van der Waals surface area contributed by atoms with Gasteiger partial charge in [0.2, 0.25) is 0 Å². The van der Waals surface area contributed by atoms with Crippen LogP contribution in [0.5, 0.6) is 0 Å². The third-order valence-electron chi connectivity index (χ3n) is 4.05. The molecule has 2 aromatic rings. The maximum atomic E-state index is 8.00. The number of nitrogens with zero attached hydrogens (tertiary/aromatic N) is 1. The Hall–Kier alpha value is -2.02. The van der Waals surface area contributed by atoms with Gasteiger partial charge in [-0.3, -0.25) is 4.90 Å². The van der Waals surface area contributed by atoms with Crippen molar-refractivity contribution in [2.75, 3.05) is 13.1 Å². The van der Waals surface area contributed by atoms with Gasteiger partial charge in [-0.2, -0.15) is 0 Å². The average molecular weight is 365 g/mol. The van der Waals surface area contributed by atoms with Crippen LogP contribution >= 0.6 is 0 Å². The second-order valence-electron chi connectivity index (χ2n) is 5.61. The molecule has 0 aliphatic carbocycles. The Bertz CT molecular complexity index is 486. The van der Waals surface area contributed by atoms with Gasteiger partial charge in [0.15, 0.2) is 0 Å². The maximum absolute atomic E-state index is 8.00. The topological polar surface area (TPSA) is 3.24 Å². The molecule has 0 bridgehead atoms. The van der Waals surface area contributed by atoms with E-state index < -0.39 is 0 Å². The summed E-state index contributed by atoms with van der Waals surface area (Å²) in [6, 6.07) is 22.2. The van der Waals surface area contributed by atoms with Crippen LogP contribution in [0.15, 0.2) is 60.7 Å². The maximum Gasteiger partial charge on any atom is 0.0601 e. The number of rotatable bonds is 3. The number of hydrogen-bond donors (Lipinski definition) is 0. The highest BCUT2D eigenvalue weighted by molar-refractivity contribution is 5.32. The summed E-state index contributed by atoms with van der Waals surface area (Å²) in [6.07, 6.45) is 1.32. The molecule has 0 aromatic heterocycles. The van der Waals surface area contributed by atoms with Gasteiger partial charge in [0.25, 0.3) is 0 Å². The number of benzene rings is 2. The predicted molar refractivity (Wildman–Crippen MR) is 86.7 cm³/mol. The van der Waals surface area contributed by atoms with Gasteiger partial charge in [-0.05, 0) is 30.0 Å². The van der Waals surface area contributed by atoms with E-state index in [1.54, 1.807) is 0 Å². The minimum absolute atomic E-state index is 0.410. The lowest BCUT2D eigenvalue weighted by molar-refractivity contribution is 0.108. The Balaban J connectivity index is 0.000000871. The number of hydrogen-bond acceptors (Lipinski definition) is 1. The van der Waals surface area contributed by atoms with Gasteiger partial charge in [-0.25, -0.2) is 0 Å². The van der Waals surface area contributed by atoms with Crippen LogP contribution in [0.2, 0.25) is 0 Å². The van der Waals surface area contributed by atoms with Crippen molar-refractivity contribution in [3.63, 3.8) is 0 Å². The highest BCUT2D eigenvalue weighted by Gasteiger charge is 2.27. The van der Waals surface area contributed by atoms with Gasteiger partial charge in [0.05, 0.1) is 6.04 Å². The summed E-state index contributed by atoms with van der Waals surface area (Å²) < 4.78 is 48.0. The molecule has 140 valence electrons. The number of likely N-dealkylation sites (tertiary alicyclic amines) is 1. The van der Waals surface area contributed by atoms with Crippen molar-refractivity contribution in [3.8, 4) is 0 Å². The molecule has 2 aromatic carbocycles. The Morgan fingerprint density at radius 1 is 0.760 bits per heavy atom. The fourth-order valence-corrected chi connectivity index (χ4v) is 3.09. The van der Waals surface area contributed by atoms with Crippen molar-refractivity contribution in [1.82, 2.24) is 4.90 Å². The third-order valence-corrected chi connectivity index (χ3v) is 4.05. The summed E-state index contributed by atoms with van der Waals surface area (Å²) in [7, 11) is 0. The van der Waals surface area contributed by atoms with E-state index in [-0.39, 0.29) is 0 Å². The van der Waals surface area contributed by atoms with E-state index in [4.69, 9.17) is 27.4 Å². The van der Waals surface area contributed by atoms with Gasteiger partial charge in [0.1, 0.15) is 0 Å². The zero-order valence-electron chi connectivity index (χ0n) is 13.8. The van der Waals surface area contributed by atoms with Gasteiger partial charge in [-0.15, -0.1) is 0 Å². The van der Waals surface area contributed by atoms with Crippen molar-refractivity contribution >= 4 is 0 Å². The van der Waals surface area contributed by atoms with Crippen molar-refractivity contribution in [3.05, 3.63) is 71.8 Å². The molecule has 1 unspecified atom stereocenters. The van der Waals surface area contributed by atoms with Crippen LogP contribution < -0.4 is 0 Å². The van der Waals surface area contributed by atoms with Crippen LogP contribution in [0.4, 0.5) is 27.4 Å². The van der Waals surface area contributed by atoms with Gasteiger partial charge < -0.3 is 0 Å². The first-order valence-electron chi connectivity index (χ1n) is 7.61. The Kier molecular flexibility index (Phi) is 13.2. The molecule has 0 saturated carbocycles. The molecule has 25 heavy (non-hydrogen) atoms. The van der Waals surface area contributed by atoms with Crippen molar-refractivity contribution in [1.29, 1.82) is 0 Å². The lowest BCUT2D eigenvalue weighted by Gasteiger charge is -2.28. The first-order valence-corrected chi connectivity index (χ1v) is 7.61. The molecule has 1 fully saturated rings. The van der Waals surface area contributed by atoms with Crippen LogP contribution in [0.3, 0.4) is 0 Å². The van der Waals surface area contributed by atoms with Crippen LogP contribution in [0.25, 0.3) is 0 Å². The molecule has 0 radical (unpaired) electrons. The van der Waals surface area contributed by atoms with Gasteiger partial charge >= 0.3 is 0 Å². The third kappa shape index (κ3) is 7.17. The zero-order valence-corrected chi connectivity index (χ0v) is 13.8. The van der Waals surface area contributed by atoms with Crippen LogP contribution in [0, 0.1) is 5.92 Å². The first-order chi connectivity index (χ1) is 12.3. The molecule has 1 saturated heterocycles. The normalized spacial score (nSPS) is 15.9. The summed E-state index contributed by atoms with van der Waals surface area (Å²) in [4.78, 5) is 2.62. The standard InChI is InChI=1S/C18H21N.3F2/c1-15-12-13-19(14-15)18(16-8-4-2-5-9-16)17-10-6-3-7-11-17;3*1-2/h2-11,15,18H,12-14H2,1H3;;;. The second-order valence-corrected chi connectivity index (χ2v) is 5.61. The minimum Gasteiger partial charge on any atom is -0.292 e. The summed E-state index contributed by atoms with van der Waals surface area (Å²) in [5, 5.41) is 0. The molecule has 1 heterocycles. The second kappa shape index (κ2) is 14.3. The fourth-order valence-electron chi connectivity index (χ4n) is 3.09. The fraction of sp³-hybridized carbons (Fsp3) is 0.333. The smallest absolute Gasteiger partial charge is 0.0601 e. The molecule has 7 heteroatoms. The Morgan fingerprint density at radius 2 is 1.16 bits per heavy atom. The lowest BCUT2D eigenvalue weighted by atomic mass is 9.97. The molecule has 0 amide bonds. The van der Waals surface area contributed by atoms with E-state index in [1.165, 1.54) is 30.6 Å². The largest absolute Gasteiger partial charge is 0.292 e. The highest BCUT2D eigenvalue weighted by Crippen LogP contribution is 2.32. The Morgan fingerprint density at radius 3 is 1.48 bits per heavy atom. The van der Waals surface area contributed by atoms with Gasteiger partial charge in [0, 0.05) is 34.0 Å². The highest BCUT2D eigenvalue weighted by atomic mass is 20.0. The van der Waals surface area contributed by atoms with Crippen molar-refractivity contribution < 1.29 is 27.4 Å². The zero-order chi connectivity index (χ0) is 19.1. The summed E-state index contributed by atoms with van der Waals surface area (Å²) in [5.41, 5.74) is 2.81. The molecular weight excluding hydrogens is 344 g/mol. The molecule has 1 aliphatic heterocycles. The van der Waals surface area contributed by atoms with E-state index >= 15 is 0 Å². The van der Waals surface area contributed by atoms with E-state index in [1.807, 2.05) is 0 Å². The van der Waals surface area contributed by atoms with Gasteiger partial charge in [-0.1, -0.05) is 67.6 Å². The summed E-state index contributed by atoms with van der Waals surface area (Å²) in [5.74, 6) is 0.815. The SMILES string of the molecule is CC1CCN(C(c2ccccc2)c2ccccc2)C1.FF.FF.FF. The molecule has 0 spiro atoms. The van der Waals surface area contributed by atoms with Crippen LogP contribution in [0.1, 0.15) is 30.5 Å². The van der Waals surface area contributed by atoms with E-state index in [0.717, 1.165) is 5.92 Å². The molecule has 1 atom stereocenters. The monoisotopic (exact) mass is 365 g/mol. The predicted octanol–water partition coefficient (Wildman–Crippen LogP) is 6.64. The average Bonchev–Trinajstić information content (AvgIpc) is 3.14. The van der Waals surface area contributed by atoms with E-state index in [9.17, 15) is 0 Å². The molecule has 0 N–H and O–H groups in total. The molecular formula is C18H21F6N. The molecule has 1 nitrogen and oxygen atoms in total. The van der Waals surface area contributed by atoms with Crippen LogP contribution in [-0.4, -0.2) is 18.0 Å². The Labute approximate surface area is 143 Å². The first kappa shape index (κ1) is 23.0. The quantitative estimate of drug-likeness (QED) is 0.551. The minimum atomic E-state index is 0.410. The summed E-state index contributed by atoms with van der Waals surface area (Å²) in [6.45, 7) is 4.76. The van der Waals surface area contributed by atoms with Crippen molar-refractivity contribution in [2.24, 2.45) is 5.92 Å². The van der Waals surface area contributed by atoms with Crippen molar-refractivity contribution in [2.45, 2.75) is 19.4 Å². The molecule has 1 aliphatic rings. The van der Waals surface area contributed by atoms with E-state index in [2.05, 4.69) is 72.5 Å². The number of halogens is 6. The lowest BCUT2D eigenvalue weighted by Crippen LogP contribution is -2.27.